The molecule has 0 spiro atoms. The number of carbonyl (C=O) groups excluding carboxylic acids is 2. The molecular formula is C25H19ClN3NaO4. The van der Waals surface area contributed by atoms with Crippen molar-refractivity contribution in [3.63, 3.8) is 0 Å². The SMILES string of the molecule is Cn1c(CNC(=O)Nc2ccccc2C(=O)[O-])c(-c2ccccc2)c2cc(Cl)ccc2c1=O.[Na+]. The smallest absolute Gasteiger partial charge is 0.545 e. The molecule has 34 heavy (non-hydrogen) atoms. The Bertz CT molecular complexity index is 1440. The van der Waals surface area contributed by atoms with E-state index in [2.05, 4.69) is 10.6 Å². The van der Waals surface area contributed by atoms with Crippen molar-refractivity contribution >= 4 is 40.1 Å². The molecule has 0 radical (unpaired) electrons. The van der Waals surface area contributed by atoms with Crippen molar-refractivity contribution in [1.29, 1.82) is 0 Å². The van der Waals surface area contributed by atoms with Crippen LogP contribution in [-0.2, 0) is 13.6 Å². The van der Waals surface area contributed by atoms with Gasteiger partial charge in [0.2, 0.25) is 0 Å². The third-order valence-electron chi connectivity index (χ3n) is 5.35. The molecule has 0 aliphatic heterocycles. The molecule has 3 aromatic carbocycles. The Morgan fingerprint density at radius 3 is 2.35 bits per heavy atom. The minimum Gasteiger partial charge on any atom is -0.545 e. The molecule has 0 bridgehead atoms. The topological polar surface area (TPSA) is 103 Å². The van der Waals surface area contributed by atoms with Gasteiger partial charge in [0.15, 0.2) is 0 Å². The summed E-state index contributed by atoms with van der Waals surface area (Å²) in [5.74, 6) is -1.40. The molecule has 0 atom stereocenters. The fourth-order valence-corrected chi connectivity index (χ4v) is 3.94. The summed E-state index contributed by atoms with van der Waals surface area (Å²) in [5, 5.41) is 18.2. The first-order chi connectivity index (χ1) is 15.9. The zero-order chi connectivity index (χ0) is 23.5. The van der Waals surface area contributed by atoms with Gasteiger partial charge in [0, 0.05) is 34.3 Å². The maximum Gasteiger partial charge on any atom is 1.00 e. The number of halogens is 1. The predicted molar refractivity (Wildman–Crippen MR) is 126 cm³/mol. The number of nitrogens with one attached hydrogen (secondary N) is 2. The van der Waals surface area contributed by atoms with E-state index in [0.717, 1.165) is 11.1 Å². The summed E-state index contributed by atoms with van der Waals surface area (Å²) in [6, 6.07) is 19.9. The zero-order valence-corrected chi connectivity index (χ0v) is 21.3. The van der Waals surface area contributed by atoms with Gasteiger partial charge >= 0.3 is 35.6 Å². The number of para-hydroxylation sites is 1. The van der Waals surface area contributed by atoms with Gasteiger partial charge in [0.25, 0.3) is 5.56 Å². The van der Waals surface area contributed by atoms with Gasteiger partial charge in [0.05, 0.1) is 18.2 Å². The third kappa shape index (κ3) is 5.18. The summed E-state index contributed by atoms with van der Waals surface area (Å²) in [4.78, 5) is 36.9. The maximum atomic E-state index is 13.0. The average molecular weight is 484 g/mol. The van der Waals surface area contributed by atoms with Gasteiger partial charge < -0.3 is 25.1 Å². The van der Waals surface area contributed by atoms with Gasteiger partial charge in [-0.2, -0.15) is 0 Å². The number of urea groups is 1. The van der Waals surface area contributed by atoms with E-state index in [1.54, 1.807) is 31.3 Å². The fourth-order valence-electron chi connectivity index (χ4n) is 3.77. The van der Waals surface area contributed by atoms with E-state index < -0.39 is 12.0 Å². The molecule has 0 aliphatic rings. The molecule has 2 amide bonds. The average Bonchev–Trinajstić information content (AvgIpc) is 2.81. The minimum absolute atomic E-state index is 0. The summed E-state index contributed by atoms with van der Waals surface area (Å²) in [6.07, 6.45) is 0. The van der Waals surface area contributed by atoms with Crippen LogP contribution in [0.4, 0.5) is 10.5 Å². The quantitative estimate of drug-likeness (QED) is 0.405. The first-order valence-electron chi connectivity index (χ1n) is 10.1. The van der Waals surface area contributed by atoms with Crippen LogP contribution in [0.1, 0.15) is 16.1 Å². The van der Waals surface area contributed by atoms with Crippen LogP contribution < -0.4 is 50.9 Å². The van der Waals surface area contributed by atoms with Crippen molar-refractivity contribution in [3.8, 4) is 11.1 Å². The van der Waals surface area contributed by atoms with Gasteiger partial charge in [-0.25, -0.2) is 4.79 Å². The van der Waals surface area contributed by atoms with Crippen molar-refractivity contribution in [2.24, 2.45) is 7.05 Å². The van der Waals surface area contributed by atoms with Gasteiger partial charge in [-0.3, -0.25) is 4.79 Å². The standard InChI is InChI=1S/C25H20ClN3O4.Na/c1-29-21(14-27-25(33)28-20-10-6-5-9-18(20)24(31)32)22(15-7-3-2-4-8-15)19-13-16(26)11-12-17(19)23(29)30;/h2-13H,14H2,1H3,(H,31,32)(H2,27,28,33);/q;+1/p-1. The largest absolute Gasteiger partial charge is 1.00 e. The monoisotopic (exact) mass is 483 g/mol. The number of hydrogen-bond acceptors (Lipinski definition) is 4. The molecule has 1 aromatic heterocycles. The number of pyridine rings is 1. The number of aromatic nitrogens is 1. The molecule has 1 heterocycles. The van der Waals surface area contributed by atoms with Crippen LogP contribution in [0.3, 0.4) is 0 Å². The second-order valence-corrected chi connectivity index (χ2v) is 7.82. The molecule has 4 rings (SSSR count). The summed E-state index contributed by atoms with van der Waals surface area (Å²) in [7, 11) is 1.64. The van der Waals surface area contributed by atoms with Crippen molar-refractivity contribution < 1.29 is 44.3 Å². The number of amides is 2. The zero-order valence-electron chi connectivity index (χ0n) is 18.6. The Morgan fingerprint density at radius 1 is 0.971 bits per heavy atom. The molecule has 0 fully saturated rings. The number of nitrogens with zero attached hydrogens (tertiary/aromatic N) is 1. The molecule has 166 valence electrons. The molecule has 0 unspecified atom stereocenters. The second-order valence-electron chi connectivity index (χ2n) is 7.38. The van der Waals surface area contributed by atoms with Crippen molar-refractivity contribution in [1.82, 2.24) is 9.88 Å². The Labute approximate surface area is 222 Å². The number of aromatic carboxylic acids is 1. The normalized spacial score (nSPS) is 10.4. The van der Waals surface area contributed by atoms with Crippen LogP contribution in [0.5, 0.6) is 0 Å². The maximum absolute atomic E-state index is 13.0. The second kappa shape index (κ2) is 10.9. The first kappa shape index (κ1) is 25.5. The summed E-state index contributed by atoms with van der Waals surface area (Å²) >= 11 is 6.24. The van der Waals surface area contributed by atoms with Crippen LogP contribution >= 0.6 is 11.6 Å². The number of fused-ring (bicyclic) bond motifs is 1. The van der Waals surface area contributed by atoms with Crippen molar-refractivity contribution in [2.45, 2.75) is 6.54 Å². The molecule has 4 aromatic rings. The van der Waals surface area contributed by atoms with E-state index in [9.17, 15) is 19.5 Å². The molecule has 2 N–H and O–H groups in total. The van der Waals surface area contributed by atoms with E-state index in [1.165, 1.54) is 22.8 Å². The van der Waals surface area contributed by atoms with Crippen LogP contribution in [0.2, 0.25) is 5.02 Å². The summed E-state index contributed by atoms with van der Waals surface area (Å²) < 4.78 is 1.49. The number of hydrogen-bond donors (Lipinski definition) is 2. The number of carboxylic acids is 1. The van der Waals surface area contributed by atoms with Gasteiger partial charge in [-0.15, -0.1) is 0 Å². The van der Waals surface area contributed by atoms with E-state index >= 15 is 0 Å². The van der Waals surface area contributed by atoms with Crippen LogP contribution in [0.25, 0.3) is 21.9 Å². The van der Waals surface area contributed by atoms with Gasteiger partial charge in [-0.1, -0.05) is 60.1 Å². The van der Waals surface area contributed by atoms with E-state index in [4.69, 9.17) is 11.6 Å². The Morgan fingerprint density at radius 2 is 1.65 bits per heavy atom. The number of carboxylic acid groups (broad SMARTS) is 1. The minimum atomic E-state index is -1.40. The summed E-state index contributed by atoms with van der Waals surface area (Å²) in [6.45, 7) is 0.0116. The molecule has 7 nitrogen and oxygen atoms in total. The number of benzene rings is 3. The van der Waals surface area contributed by atoms with Crippen molar-refractivity contribution in [3.05, 3.63) is 99.4 Å². The Kier molecular flexibility index (Phi) is 8.17. The Hall–Kier alpha value is -3.10. The summed E-state index contributed by atoms with van der Waals surface area (Å²) in [5.41, 5.74) is 1.96. The molecule has 0 saturated heterocycles. The van der Waals surface area contributed by atoms with Crippen LogP contribution in [0, 0.1) is 0 Å². The number of anilines is 1. The molecule has 0 saturated carbocycles. The van der Waals surface area contributed by atoms with E-state index in [0.29, 0.717) is 21.5 Å². The predicted octanol–water partition coefficient (Wildman–Crippen LogP) is 0.548. The van der Waals surface area contributed by atoms with Gasteiger partial charge in [0.1, 0.15) is 0 Å². The van der Waals surface area contributed by atoms with Gasteiger partial charge in [-0.05, 0) is 35.2 Å². The van der Waals surface area contributed by atoms with Crippen molar-refractivity contribution in [2.75, 3.05) is 5.32 Å². The molecule has 9 heteroatoms. The van der Waals surface area contributed by atoms with Crippen LogP contribution in [-0.4, -0.2) is 16.6 Å². The number of carbonyl (C=O) groups is 2. The molecule has 0 aliphatic carbocycles. The molecular weight excluding hydrogens is 465 g/mol. The van der Waals surface area contributed by atoms with E-state index in [1.807, 2.05) is 30.3 Å². The third-order valence-corrected chi connectivity index (χ3v) is 5.59. The van der Waals surface area contributed by atoms with Crippen LogP contribution in [0.15, 0.2) is 77.6 Å². The first-order valence-corrected chi connectivity index (χ1v) is 10.5. The van der Waals surface area contributed by atoms with E-state index in [-0.39, 0.29) is 52.9 Å². The Balaban J connectivity index is 0.00000324. The number of rotatable bonds is 5. The fraction of sp³-hybridized carbons (Fsp3) is 0.0800.